The first-order chi connectivity index (χ1) is 7.17. The Kier molecular flexibility index (Phi) is 3.74. The SMILES string of the molecule is CC1(C)CCC(C2CCCCCC2)CC1. The highest BCUT2D eigenvalue weighted by atomic mass is 14.4. The van der Waals surface area contributed by atoms with Crippen molar-refractivity contribution in [2.45, 2.75) is 78.1 Å². The molecule has 2 aliphatic rings. The van der Waals surface area contributed by atoms with Crippen LogP contribution in [0.1, 0.15) is 78.1 Å². The second-order valence-electron chi connectivity index (χ2n) is 6.75. The van der Waals surface area contributed by atoms with Crippen LogP contribution in [0.4, 0.5) is 0 Å². The Hall–Kier alpha value is 0. The summed E-state index contributed by atoms with van der Waals surface area (Å²) in [5.74, 6) is 2.19. The average Bonchev–Trinajstić information content (AvgIpc) is 2.46. The molecule has 88 valence electrons. The number of hydrogen-bond acceptors (Lipinski definition) is 0. The fourth-order valence-corrected chi connectivity index (χ4v) is 3.68. The van der Waals surface area contributed by atoms with Crippen LogP contribution in [0.3, 0.4) is 0 Å². The van der Waals surface area contributed by atoms with E-state index in [1.54, 1.807) is 12.8 Å². The Balaban J connectivity index is 1.83. The lowest BCUT2D eigenvalue weighted by atomic mass is 9.68. The summed E-state index contributed by atoms with van der Waals surface area (Å²) < 4.78 is 0. The molecule has 2 rings (SSSR count). The zero-order valence-corrected chi connectivity index (χ0v) is 10.7. The van der Waals surface area contributed by atoms with Gasteiger partial charge in [-0.1, -0.05) is 52.4 Å². The van der Waals surface area contributed by atoms with Crippen LogP contribution < -0.4 is 0 Å². The first kappa shape index (κ1) is 11.5. The number of hydrogen-bond donors (Lipinski definition) is 0. The predicted molar refractivity (Wildman–Crippen MR) is 66.9 cm³/mol. The molecule has 15 heavy (non-hydrogen) atoms. The zero-order valence-electron chi connectivity index (χ0n) is 10.7. The fourth-order valence-electron chi connectivity index (χ4n) is 3.68. The first-order valence-electron chi connectivity index (χ1n) is 7.17. The van der Waals surface area contributed by atoms with Crippen LogP contribution in [-0.2, 0) is 0 Å². The summed E-state index contributed by atoms with van der Waals surface area (Å²) in [6, 6.07) is 0. The fraction of sp³-hybridized carbons (Fsp3) is 1.00. The molecule has 0 saturated heterocycles. The van der Waals surface area contributed by atoms with Crippen molar-refractivity contribution >= 4 is 0 Å². The van der Waals surface area contributed by atoms with E-state index in [4.69, 9.17) is 0 Å². The highest BCUT2D eigenvalue weighted by Gasteiger charge is 2.31. The average molecular weight is 208 g/mol. The van der Waals surface area contributed by atoms with Crippen LogP contribution in [0.2, 0.25) is 0 Å². The van der Waals surface area contributed by atoms with E-state index in [1.165, 1.54) is 51.4 Å². The van der Waals surface area contributed by atoms with Gasteiger partial charge in [-0.2, -0.15) is 0 Å². The second-order valence-corrected chi connectivity index (χ2v) is 6.75. The van der Waals surface area contributed by atoms with Gasteiger partial charge in [-0.05, 0) is 42.9 Å². The van der Waals surface area contributed by atoms with E-state index in [-0.39, 0.29) is 0 Å². The quantitative estimate of drug-likeness (QED) is 0.521. The molecule has 0 unspecified atom stereocenters. The van der Waals surface area contributed by atoms with Crippen LogP contribution in [0.25, 0.3) is 0 Å². The Morgan fingerprint density at radius 3 is 1.67 bits per heavy atom. The molecule has 0 N–H and O–H groups in total. The third-order valence-electron chi connectivity index (χ3n) is 4.95. The van der Waals surface area contributed by atoms with Crippen LogP contribution in [0.5, 0.6) is 0 Å². The van der Waals surface area contributed by atoms with Gasteiger partial charge in [0.15, 0.2) is 0 Å². The predicted octanol–water partition coefficient (Wildman–Crippen LogP) is 5.17. The van der Waals surface area contributed by atoms with E-state index in [0.29, 0.717) is 5.41 Å². The first-order valence-corrected chi connectivity index (χ1v) is 7.17. The minimum absolute atomic E-state index is 0.654. The molecule has 0 amide bonds. The third kappa shape index (κ3) is 3.23. The molecule has 0 heterocycles. The van der Waals surface area contributed by atoms with Crippen molar-refractivity contribution in [1.82, 2.24) is 0 Å². The lowest BCUT2D eigenvalue weighted by molar-refractivity contribution is 0.140. The van der Waals surface area contributed by atoms with Gasteiger partial charge < -0.3 is 0 Å². The van der Waals surface area contributed by atoms with Crippen molar-refractivity contribution in [2.75, 3.05) is 0 Å². The number of rotatable bonds is 1. The van der Waals surface area contributed by atoms with Gasteiger partial charge >= 0.3 is 0 Å². The summed E-state index contributed by atoms with van der Waals surface area (Å²) in [5, 5.41) is 0. The van der Waals surface area contributed by atoms with Crippen LogP contribution in [-0.4, -0.2) is 0 Å². The zero-order chi connectivity index (χ0) is 10.7. The molecular formula is C15H28. The van der Waals surface area contributed by atoms with E-state index >= 15 is 0 Å². The molecule has 0 aromatic heterocycles. The molecule has 0 atom stereocenters. The summed E-state index contributed by atoms with van der Waals surface area (Å²) >= 11 is 0. The Morgan fingerprint density at radius 1 is 0.667 bits per heavy atom. The molecule has 2 fully saturated rings. The summed E-state index contributed by atoms with van der Waals surface area (Å²) in [5.41, 5.74) is 0.654. The van der Waals surface area contributed by atoms with Gasteiger partial charge in [0.05, 0.1) is 0 Å². The molecule has 0 bridgehead atoms. The van der Waals surface area contributed by atoms with Crippen molar-refractivity contribution < 1.29 is 0 Å². The van der Waals surface area contributed by atoms with E-state index in [2.05, 4.69) is 13.8 Å². The Labute approximate surface area is 95.8 Å². The maximum Gasteiger partial charge on any atom is -0.0354 e. The molecule has 0 aromatic carbocycles. The van der Waals surface area contributed by atoms with Gasteiger partial charge in [0.25, 0.3) is 0 Å². The van der Waals surface area contributed by atoms with Gasteiger partial charge in [0.2, 0.25) is 0 Å². The Morgan fingerprint density at radius 2 is 1.13 bits per heavy atom. The maximum absolute atomic E-state index is 2.45. The molecule has 0 radical (unpaired) electrons. The van der Waals surface area contributed by atoms with Crippen molar-refractivity contribution in [2.24, 2.45) is 17.3 Å². The molecule has 0 nitrogen and oxygen atoms in total. The highest BCUT2D eigenvalue weighted by Crippen LogP contribution is 2.43. The minimum atomic E-state index is 0.654. The van der Waals surface area contributed by atoms with Gasteiger partial charge in [-0.25, -0.2) is 0 Å². The molecule has 0 spiro atoms. The minimum Gasteiger partial charge on any atom is -0.0599 e. The van der Waals surface area contributed by atoms with E-state index in [1.807, 2.05) is 0 Å². The van der Waals surface area contributed by atoms with E-state index in [0.717, 1.165) is 11.8 Å². The van der Waals surface area contributed by atoms with Gasteiger partial charge in [-0.15, -0.1) is 0 Å². The topological polar surface area (TPSA) is 0 Å². The standard InChI is InChI=1S/C15H28/c1-15(2)11-9-14(10-12-15)13-7-5-3-4-6-8-13/h13-14H,3-12H2,1-2H3. The van der Waals surface area contributed by atoms with Crippen molar-refractivity contribution in [3.8, 4) is 0 Å². The maximum atomic E-state index is 2.45. The van der Waals surface area contributed by atoms with Gasteiger partial charge in [0.1, 0.15) is 0 Å². The molecule has 0 aromatic rings. The lowest BCUT2D eigenvalue weighted by Gasteiger charge is -2.38. The van der Waals surface area contributed by atoms with Crippen LogP contribution in [0.15, 0.2) is 0 Å². The summed E-state index contributed by atoms with van der Waals surface area (Å²) in [7, 11) is 0. The molecule has 0 aliphatic heterocycles. The van der Waals surface area contributed by atoms with Crippen LogP contribution >= 0.6 is 0 Å². The summed E-state index contributed by atoms with van der Waals surface area (Å²) in [6.07, 6.45) is 15.2. The largest absolute Gasteiger partial charge is 0.0599 e. The molecule has 0 heteroatoms. The van der Waals surface area contributed by atoms with E-state index in [9.17, 15) is 0 Å². The lowest BCUT2D eigenvalue weighted by Crippen LogP contribution is -2.25. The highest BCUT2D eigenvalue weighted by molar-refractivity contribution is 4.82. The molecular weight excluding hydrogens is 180 g/mol. The van der Waals surface area contributed by atoms with E-state index < -0.39 is 0 Å². The third-order valence-corrected chi connectivity index (χ3v) is 4.95. The van der Waals surface area contributed by atoms with Gasteiger partial charge in [0, 0.05) is 0 Å². The normalized spacial score (nSPS) is 30.0. The van der Waals surface area contributed by atoms with Crippen LogP contribution in [0, 0.1) is 17.3 Å². The Bertz CT molecular complexity index is 174. The molecule has 2 saturated carbocycles. The summed E-state index contributed by atoms with van der Waals surface area (Å²) in [6.45, 7) is 4.91. The monoisotopic (exact) mass is 208 g/mol. The van der Waals surface area contributed by atoms with Crippen molar-refractivity contribution in [1.29, 1.82) is 0 Å². The second kappa shape index (κ2) is 4.89. The summed E-state index contributed by atoms with van der Waals surface area (Å²) in [4.78, 5) is 0. The van der Waals surface area contributed by atoms with Gasteiger partial charge in [-0.3, -0.25) is 0 Å². The van der Waals surface area contributed by atoms with Crippen molar-refractivity contribution in [3.63, 3.8) is 0 Å². The molecule has 2 aliphatic carbocycles. The smallest absolute Gasteiger partial charge is 0.0354 e. The van der Waals surface area contributed by atoms with Crippen molar-refractivity contribution in [3.05, 3.63) is 0 Å².